The second-order valence-electron chi connectivity index (χ2n) is 4.51. The van der Waals surface area contributed by atoms with Gasteiger partial charge in [0.05, 0.1) is 0 Å². The van der Waals surface area contributed by atoms with E-state index in [1.807, 2.05) is 42.7 Å². The van der Waals surface area contributed by atoms with Gasteiger partial charge in [0.1, 0.15) is 0 Å². The van der Waals surface area contributed by atoms with E-state index in [4.69, 9.17) is 0 Å². The number of benzene rings is 3. The fourth-order valence-corrected chi connectivity index (χ4v) is 2.36. The molecule has 0 aliphatic rings. The number of hydrogen-bond acceptors (Lipinski definition) is 2. The lowest BCUT2D eigenvalue weighted by molar-refractivity contribution is 0.104. The van der Waals surface area contributed by atoms with Crippen LogP contribution in [0.15, 0.2) is 66.7 Å². The molecule has 20 heavy (non-hydrogen) atoms. The molecule has 0 aliphatic heterocycles. The molecule has 0 aromatic heterocycles. The minimum Gasteiger partial charge on any atom is -0.289 e. The Bertz CT molecular complexity index is 784. The molecule has 0 bridgehead atoms. The molecule has 0 amide bonds. The number of carbonyl (C=O) groups excluding carboxylic acids is 2. The first kappa shape index (κ1) is 12.3. The highest BCUT2D eigenvalue weighted by atomic mass is 16.1. The summed E-state index contributed by atoms with van der Waals surface area (Å²) in [6.45, 7) is 0. The van der Waals surface area contributed by atoms with Crippen molar-refractivity contribution in [1.29, 1.82) is 0 Å². The molecule has 0 saturated carbocycles. The highest BCUT2D eigenvalue weighted by Crippen LogP contribution is 2.24. The zero-order valence-corrected chi connectivity index (χ0v) is 10.7. The van der Waals surface area contributed by atoms with Gasteiger partial charge in [-0.25, -0.2) is 0 Å². The number of ketones is 1. The molecule has 0 spiro atoms. The molecular weight excluding hydrogens is 248 g/mol. The maximum Gasteiger partial charge on any atom is 0.234 e. The van der Waals surface area contributed by atoms with Crippen molar-refractivity contribution in [3.05, 3.63) is 83.4 Å². The fraction of sp³-hybridized carbons (Fsp3) is 0. The first-order valence-corrected chi connectivity index (χ1v) is 6.31. The molecule has 2 nitrogen and oxygen atoms in total. The van der Waals surface area contributed by atoms with Gasteiger partial charge in [-0.1, -0.05) is 66.7 Å². The van der Waals surface area contributed by atoms with E-state index in [1.165, 1.54) is 0 Å². The van der Waals surface area contributed by atoms with Crippen molar-refractivity contribution in [3.8, 4) is 0 Å². The molecule has 95 valence electrons. The first-order chi connectivity index (χ1) is 9.81. The monoisotopic (exact) mass is 259 g/mol. The summed E-state index contributed by atoms with van der Waals surface area (Å²) in [6.07, 6.45) is 1.91. The molecule has 3 aromatic carbocycles. The summed E-state index contributed by atoms with van der Waals surface area (Å²) < 4.78 is 0. The van der Waals surface area contributed by atoms with E-state index < -0.39 is 0 Å². The largest absolute Gasteiger partial charge is 0.289 e. The van der Waals surface area contributed by atoms with Crippen LogP contribution in [0.3, 0.4) is 0 Å². The number of rotatable bonds is 3. The lowest BCUT2D eigenvalue weighted by atomic mass is 9.94. The van der Waals surface area contributed by atoms with Gasteiger partial charge in [-0.3, -0.25) is 9.59 Å². The molecule has 0 heterocycles. The quantitative estimate of drug-likeness (QED) is 0.674. The second-order valence-corrected chi connectivity index (χ2v) is 4.51. The molecule has 2 heteroatoms. The summed E-state index contributed by atoms with van der Waals surface area (Å²) in [5.74, 6) is -0.0844. The van der Waals surface area contributed by atoms with Crippen molar-refractivity contribution >= 4 is 22.8 Å². The van der Waals surface area contributed by atoms with Crippen LogP contribution in [0, 0.1) is 0 Å². The predicted molar refractivity (Wildman–Crippen MR) is 78.6 cm³/mol. The Hall–Kier alpha value is -2.74. The maximum atomic E-state index is 12.6. The van der Waals surface area contributed by atoms with Gasteiger partial charge in [-0.2, -0.15) is 0 Å². The van der Waals surface area contributed by atoms with E-state index in [9.17, 15) is 9.59 Å². The van der Waals surface area contributed by atoms with E-state index in [0.29, 0.717) is 22.1 Å². The van der Waals surface area contributed by atoms with E-state index >= 15 is 0 Å². The number of hydrogen-bond donors (Lipinski definition) is 0. The summed E-state index contributed by atoms with van der Waals surface area (Å²) in [7, 11) is 0. The topological polar surface area (TPSA) is 34.1 Å². The predicted octanol–water partition coefficient (Wildman–Crippen LogP) is 3.53. The molecule has 0 fully saturated rings. The van der Waals surface area contributed by atoms with E-state index in [2.05, 4.69) is 0 Å². The van der Waals surface area contributed by atoms with Gasteiger partial charge >= 0.3 is 0 Å². The third-order valence-electron chi connectivity index (χ3n) is 3.30. The second kappa shape index (κ2) is 5.10. The summed E-state index contributed by atoms with van der Waals surface area (Å²) in [5, 5.41) is 1.53. The van der Waals surface area contributed by atoms with Crippen LogP contribution in [0.25, 0.3) is 10.8 Å². The van der Waals surface area contributed by atoms with Gasteiger partial charge in [0, 0.05) is 22.1 Å². The molecule has 3 rings (SSSR count). The Labute approximate surface area is 116 Å². The van der Waals surface area contributed by atoms with Crippen molar-refractivity contribution in [2.24, 2.45) is 0 Å². The Morgan fingerprint density at radius 3 is 2.20 bits per heavy atom. The van der Waals surface area contributed by atoms with Crippen LogP contribution < -0.4 is 0 Å². The Morgan fingerprint density at radius 1 is 0.800 bits per heavy atom. The van der Waals surface area contributed by atoms with Crippen LogP contribution in [0.5, 0.6) is 0 Å². The molecule has 0 aliphatic carbocycles. The van der Waals surface area contributed by atoms with Crippen LogP contribution in [0.1, 0.15) is 21.5 Å². The van der Waals surface area contributed by atoms with Gasteiger partial charge in [-0.15, -0.1) is 0 Å². The molecule has 3 aromatic rings. The summed E-state index contributed by atoms with van der Waals surface area (Å²) in [4.78, 5) is 23.7. The minimum absolute atomic E-state index is 0.0844. The van der Waals surface area contributed by atoms with E-state index in [-0.39, 0.29) is 5.78 Å². The van der Waals surface area contributed by atoms with Crippen molar-refractivity contribution in [3.63, 3.8) is 0 Å². The van der Waals surface area contributed by atoms with Gasteiger partial charge < -0.3 is 0 Å². The Balaban J connectivity index is 2.27. The summed E-state index contributed by atoms with van der Waals surface area (Å²) in [6, 6.07) is 19.9. The standard InChI is InChI=1S/C18H11O2/c19-12-15-10-4-8-13-9-5-11-16(17(13)15)18(20)14-6-2-1-3-7-14/h1-11H. The van der Waals surface area contributed by atoms with Gasteiger partial charge in [-0.05, 0) is 5.39 Å². The molecule has 0 atom stereocenters. The lowest BCUT2D eigenvalue weighted by Gasteiger charge is -2.07. The van der Waals surface area contributed by atoms with Crippen molar-refractivity contribution < 1.29 is 9.59 Å². The summed E-state index contributed by atoms with van der Waals surface area (Å²) in [5.41, 5.74) is 1.57. The zero-order chi connectivity index (χ0) is 13.9. The molecule has 0 unspecified atom stereocenters. The average molecular weight is 259 g/mol. The SMILES string of the molecule is O=[C]c1cccc2cccc(C(=O)c3ccccc3)c12. The minimum atomic E-state index is -0.0844. The number of carbonyl (C=O) groups is 1. The summed E-state index contributed by atoms with van der Waals surface area (Å²) >= 11 is 0. The van der Waals surface area contributed by atoms with Crippen molar-refractivity contribution in [2.75, 3.05) is 0 Å². The zero-order valence-electron chi connectivity index (χ0n) is 10.7. The fourth-order valence-electron chi connectivity index (χ4n) is 2.36. The molecule has 1 radical (unpaired) electrons. The van der Waals surface area contributed by atoms with Gasteiger partial charge in [0.15, 0.2) is 5.78 Å². The van der Waals surface area contributed by atoms with E-state index in [1.54, 1.807) is 30.3 Å². The first-order valence-electron chi connectivity index (χ1n) is 6.31. The highest BCUT2D eigenvalue weighted by Gasteiger charge is 2.14. The third-order valence-corrected chi connectivity index (χ3v) is 3.30. The van der Waals surface area contributed by atoms with Gasteiger partial charge in [0.2, 0.25) is 6.29 Å². The van der Waals surface area contributed by atoms with Crippen molar-refractivity contribution in [1.82, 2.24) is 0 Å². The van der Waals surface area contributed by atoms with Gasteiger partial charge in [0.25, 0.3) is 0 Å². The lowest BCUT2D eigenvalue weighted by Crippen LogP contribution is -2.03. The normalized spacial score (nSPS) is 10.4. The third kappa shape index (κ3) is 2.01. The van der Waals surface area contributed by atoms with Crippen LogP contribution in [-0.2, 0) is 4.79 Å². The van der Waals surface area contributed by atoms with Crippen LogP contribution in [0.2, 0.25) is 0 Å². The molecular formula is C18H11O2. The van der Waals surface area contributed by atoms with Crippen LogP contribution >= 0.6 is 0 Å². The van der Waals surface area contributed by atoms with E-state index in [0.717, 1.165) is 5.39 Å². The Kier molecular flexibility index (Phi) is 3.13. The highest BCUT2D eigenvalue weighted by molar-refractivity contribution is 6.19. The maximum absolute atomic E-state index is 12.6. The van der Waals surface area contributed by atoms with Crippen molar-refractivity contribution in [2.45, 2.75) is 0 Å². The molecule has 0 N–H and O–H groups in total. The van der Waals surface area contributed by atoms with Crippen LogP contribution in [-0.4, -0.2) is 12.1 Å². The average Bonchev–Trinajstić information content (AvgIpc) is 2.53. The van der Waals surface area contributed by atoms with Crippen LogP contribution in [0.4, 0.5) is 0 Å². The number of fused-ring (bicyclic) bond motifs is 1. The Morgan fingerprint density at radius 2 is 1.50 bits per heavy atom. The smallest absolute Gasteiger partial charge is 0.234 e. The molecule has 0 saturated heterocycles.